The van der Waals surface area contributed by atoms with Crippen LogP contribution >= 0.6 is 0 Å². The maximum Gasteiger partial charge on any atom is 0.223 e. The molecule has 1 saturated heterocycles. The van der Waals surface area contributed by atoms with Crippen LogP contribution in [0, 0.1) is 0 Å². The van der Waals surface area contributed by atoms with Gasteiger partial charge in [-0.15, -0.1) is 0 Å². The van der Waals surface area contributed by atoms with Crippen molar-refractivity contribution in [3.63, 3.8) is 0 Å². The van der Waals surface area contributed by atoms with Crippen molar-refractivity contribution in [2.45, 2.75) is 70.7 Å². The Labute approximate surface area is 218 Å². The molecule has 8 nitrogen and oxygen atoms in total. The van der Waals surface area contributed by atoms with Crippen molar-refractivity contribution >= 4 is 17.5 Å². The first-order valence-electron chi connectivity index (χ1n) is 13.3. The molecule has 2 amide bonds. The number of para-hydroxylation sites is 1. The van der Waals surface area contributed by atoms with E-state index in [1.165, 1.54) is 5.56 Å². The van der Waals surface area contributed by atoms with Gasteiger partial charge < -0.3 is 14.4 Å². The van der Waals surface area contributed by atoms with Crippen LogP contribution in [0.1, 0.15) is 50.2 Å². The Balaban J connectivity index is 1.42. The zero-order valence-electron chi connectivity index (χ0n) is 21.6. The number of fused-ring (bicyclic) bond motifs is 3. The van der Waals surface area contributed by atoms with Gasteiger partial charge >= 0.3 is 0 Å². The van der Waals surface area contributed by atoms with Gasteiger partial charge in [0.2, 0.25) is 11.8 Å². The predicted molar refractivity (Wildman–Crippen MR) is 143 cm³/mol. The summed E-state index contributed by atoms with van der Waals surface area (Å²) in [6, 6.07) is 12.8. The van der Waals surface area contributed by atoms with Crippen LogP contribution in [-0.4, -0.2) is 61.3 Å². The molecule has 3 aromatic rings. The summed E-state index contributed by atoms with van der Waals surface area (Å²) in [5.74, 6) is 0.201. The first-order valence-corrected chi connectivity index (χ1v) is 13.3. The van der Waals surface area contributed by atoms with Crippen molar-refractivity contribution in [3.05, 3.63) is 78.6 Å². The van der Waals surface area contributed by atoms with E-state index < -0.39 is 0 Å². The molecule has 0 aliphatic carbocycles. The fraction of sp³-hybridized carbons (Fsp3) is 0.448. The van der Waals surface area contributed by atoms with Crippen LogP contribution in [0.4, 0.5) is 5.69 Å². The van der Waals surface area contributed by atoms with Gasteiger partial charge in [0.1, 0.15) is 0 Å². The van der Waals surface area contributed by atoms with Crippen molar-refractivity contribution < 1.29 is 9.59 Å². The van der Waals surface area contributed by atoms with E-state index in [0.717, 1.165) is 50.0 Å². The van der Waals surface area contributed by atoms with Crippen LogP contribution in [0.3, 0.4) is 0 Å². The maximum atomic E-state index is 13.6. The van der Waals surface area contributed by atoms with Crippen molar-refractivity contribution in [1.29, 1.82) is 0 Å². The molecule has 2 aliphatic heterocycles. The molecule has 0 spiro atoms. The van der Waals surface area contributed by atoms with Gasteiger partial charge in [-0.1, -0.05) is 24.3 Å². The van der Waals surface area contributed by atoms with Crippen molar-refractivity contribution in [2.24, 2.45) is 0 Å². The summed E-state index contributed by atoms with van der Waals surface area (Å²) in [6.45, 7) is 5.08. The third-order valence-electron chi connectivity index (χ3n) is 7.72. The van der Waals surface area contributed by atoms with E-state index >= 15 is 0 Å². The van der Waals surface area contributed by atoms with Gasteiger partial charge in [0, 0.05) is 88.6 Å². The maximum absolute atomic E-state index is 13.6. The molecule has 4 heterocycles. The molecule has 194 valence electrons. The van der Waals surface area contributed by atoms with Gasteiger partial charge in [0.25, 0.3) is 0 Å². The quantitative estimate of drug-likeness (QED) is 0.514. The highest BCUT2D eigenvalue weighted by Crippen LogP contribution is 2.32. The number of aromatic nitrogens is 3. The topological polar surface area (TPSA) is 74.6 Å². The molecule has 37 heavy (non-hydrogen) atoms. The number of hydrogen-bond donors (Lipinski definition) is 0. The van der Waals surface area contributed by atoms with E-state index in [-0.39, 0.29) is 17.9 Å². The van der Waals surface area contributed by atoms with Crippen LogP contribution in [-0.2, 0) is 29.2 Å². The molecule has 8 heteroatoms. The van der Waals surface area contributed by atoms with Crippen LogP contribution in [0.2, 0.25) is 0 Å². The number of aryl methyl sites for hydroxylation is 1. The van der Waals surface area contributed by atoms with E-state index in [1.54, 1.807) is 25.6 Å². The number of carbonyl (C=O) groups excluding carboxylic acids is 2. The number of benzene rings is 1. The lowest BCUT2D eigenvalue weighted by Crippen LogP contribution is -2.45. The summed E-state index contributed by atoms with van der Waals surface area (Å²) >= 11 is 0. The first kappa shape index (κ1) is 25.1. The van der Waals surface area contributed by atoms with Gasteiger partial charge in [-0.05, 0) is 48.9 Å². The minimum Gasteiger partial charge on any atom is -0.337 e. The average molecular weight is 501 g/mol. The van der Waals surface area contributed by atoms with Crippen LogP contribution in [0.5, 0.6) is 0 Å². The van der Waals surface area contributed by atoms with Gasteiger partial charge in [-0.3, -0.25) is 19.5 Å². The minimum atomic E-state index is 0.0401. The monoisotopic (exact) mass is 500 g/mol. The van der Waals surface area contributed by atoms with Gasteiger partial charge in [0.05, 0.1) is 6.33 Å². The number of carbonyl (C=O) groups is 2. The third kappa shape index (κ3) is 6.07. The van der Waals surface area contributed by atoms with Crippen molar-refractivity contribution in [1.82, 2.24) is 24.3 Å². The molecule has 2 atom stereocenters. The third-order valence-corrected chi connectivity index (χ3v) is 7.72. The fourth-order valence-corrected chi connectivity index (χ4v) is 5.82. The number of hydrogen-bond acceptors (Lipinski definition) is 5. The number of rotatable bonds is 6. The number of amides is 2. The summed E-state index contributed by atoms with van der Waals surface area (Å²) in [5.41, 5.74) is 3.12. The highest BCUT2D eigenvalue weighted by Gasteiger charge is 2.36. The average Bonchev–Trinajstić information content (AvgIpc) is 3.54. The molecule has 2 aliphatic rings. The van der Waals surface area contributed by atoms with E-state index in [0.29, 0.717) is 32.1 Å². The molecular weight excluding hydrogens is 464 g/mol. The molecule has 0 N–H and O–H groups in total. The molecule has 2 aromatic heterocycles. The van der Waals surface area contributed by atoms with Gasteiger partial charge in [-0.25, -0.2) is 4.98 Å². The number of anilines is 1. The SMILES string of the molecule is CC(=O)N1CCC2CCC(CN(C(=O)CCCn3ccnc3)Cc3ccccc31)N2Cc1cccnc1. The van der Waals surface area contributed by atoms with Gasteiger partial charge in [0.15, 0.2) is 0 Å². The standard InChI is InChI=1S/C29H36N6O2/c1-23(36)34-16-12-26-10-11-27(35(26)19-24-6-4-13-30-18-24)21-33(20-25-7-2-3-8-28(25)34)29(37)9-5-15-32-17-14-31-22-32/h2-4,6-8,13-14,17-18,22,26-27H,5,9-12,15-16,19-21H2,1H3. The van der Waals surface area contributed by atoms with E-state index in [1.807, 2.05) is 51.0 Å². The Bertz CT molecular complexity index is 1180. The summed E-state index contributed by atoms with van der Waals surface area (Å²) < 4.78 is 2.01. The molecule has 5 rings (SSSR count). The second-order valence-corrected chi connectivity index (χ2v) is 10.2. The molecule has 0 radical (unpaired) electrons. The highest BCUT2D eigenvalue weighted by molar-refractivity contribution is 5.92. The van der Waals surface area contributed by atoms with E-state index in [9.17, 15) is 9.59 Å². The second kappa shape index (κ2) is 11.7. The van der Waals surface area contributed by atoms with Crippen LogP contribution in [0.15, 0.2) is 67.5 Å². The van der Waals surface area contributed by atoms with E-state index in [2.05, 4.69) is 27.0 Å². The van der Waals surface area contributed by atoms with Crippen LogP contribution in [0.25, 0.3) is 0 Å². The summed E-state index contributed by atoms with van der Waals surface area (Å²) in [7, 11) is 0. The molecule has 1 fully saturated rings. The number of nitrogens with zero attached hydrogens (tertiary/aromatic N) is 6. The Morgan fingerprint density at radius 2 is 1.86 bits per heavy atom. The number of imidazole rings is 1. The lowest BCUT2D eigenvalue weighted by molar-refractivity contribution is -0.132. The Morgan fingerprint density at radius 3 is 2.65 bits per heavy atom. The minimum absolute atomic E-state index is 0.0401. The molecule has 2 bridgehead atoms. The van der Waals surface area contributed by atoms with Gasteiger partial charge in [-0.2, -0.15) is 0 Å². The Hall–Kier alpha value is -3.52. The summed E-state index contributed by atoms with van der Waals surface area (Å²) in [4.78, 5) is 41.3. The first-order chi connectivity index (χ1) is 18.1. The largest absolute Gasteiger partial charge is 0.337 e. The highest BCUT2D eigenvalue weighted by atomic mass is 16.2. The van der Waals surface area contributed by atoms with E-state index in [4.69, 9.17) is 0 Å². The molecule has 1 aromatic carbocycles. The van der Waals surface area contributed by atoms with Crippen LogP contribution < -0.4 is 4.90 Å². The smallest absolute Gasteiger partial charge is 0.223 e. The molecular formula is C29H36N6O2. The Morgan fingerprint density at radius 1 is 1.00 bits per heavy atom. The second-order valence-electron chi connectivity index (χ2n) is 10.2. The molecule has 0 saturated carbocycles. The predicted octanol–water partition coefficient (Wildman–Crippen LogP) is 3.88. The van der Waals surface area contributed by atoms with Crippen molar-refractivity contribution in [3.8, 4) is 0 Å². The lowest BCUT2D eigenvalue weighted by Gasteiger charge is -2.34. The Kier molecular flexibility index (Phi) is 7.94. The zero-order valence-corrected chi connectivity index (χ0v) is 21.6. The lowest BCUT2D eigenvalue weighted by atomic mass is 10.1. The van der Waals surface area contributed by atoms with Crippen molar-refractivity contribution in [2.75, 3.05) is 18.0 Å². The number of pyridine rings is 1. The summed E-state index contributed by atoms with van der Waals surface area (Å²) in [6.07, 6.45) is 13.5. The normalized spacial score (nSPS) is 20.4. The fourth-order valence-electron chi connectivity index (χ4n) is 5.82. The zero-order chi connectivity index (χ0) is 25.6. The molecule has 2 unspecified atom stereocenters. The summed E-state index contributed by atoms with van der Waals surface area (Å²) in [5, 5.41) is 0.